The van der Waals surface area contributed by atoms with Gasteiger partial charge in [0.05, 0.1) is 0 Å². The maximum atomic E-state index is 14.8. The summed E-state index contributed by atoms with van der Waals surface area (Å²) in [6.07, 6.45) is 3.48. The van der Waals surface area contributed by atoms with Crippen LogP contribution in [0.25, 0.3) is 11.1 Å². The van der Waals surface area contributed by atoms with Gasteiger partial charge in [-0.1, -0.05) is 42.5 Å². The van der Waals surface area contributed by atoms with Crippen molar-refractivity contribution in [3.63, 3.8) is 0 Å². The van der Waals surface area contributed by atoms with Crippen molar-refractivity contribution in [3.05, 3.63) is 94.8 Å². The monoisotopic (exact) mass is 444 g/mol. The predicted molar refractivity (Wildman–Crippen MR) is 120 cm³/mol. The Bertz CT molecular complexity index is 1010. The Morgan fingerprint density at radius 1 is 0.733 bits per heavy atom. The molecule has 1 fully saturated rings. The molecule has 0 amide bonds. The van der Waals surface area contributed by atoms with Crippen LogP contribution in [-0.2, 0) is 12.8 Å². The highest BCUT2D eigenvalue weighted by atomic mass is 35.6. The summed E-state index contributed by atoms with van der Waals surface area (Å²) in [5.74, 6) is -1.41. The molecular formula is C25H24ClF3Si. The zero-order valence-corrected chi connectivity index (χ0v) is 18.6. The molecule has 0 bridgehead atoms. The van der Waals surface area contributed by atoms with E-state index in [9.17, 15) is 13.2 Å². The van der Waals surface area contributed by atoms with Crippen LogP contribution < -0.4 is 0 Å². The van der Waals surface area contributed by atoms with E-state index in [0.717, 1.165) is 53.3 Å². The molecule has 0 radical (unpaired) electrons. The maximum absolute atomic E-state index is 14.8. The normalized spacial score (nSPS) is 19.1. The van der Waals surface area contributed by atoms with Gasteiger partial charge in [-0.15, -0.1) is 0 Å². The average molecular weight is 445 g/mol. The minimum absolute atomic E-state index is 0.188. The molecule has 0 unspecified atom stereocenters. The second-order valence-electron chi connectivity index (χ2n) is 8.13. The van der Waals surface area contributed by atoms with E-state index >= 15 is 0 Å². The SMILES string of the molecule is Fc1ccc(CCc2ccc(-c3ccc(C4CC[SiH](Cl)CC4)cc3F)cc2)cc1F. The van der Waals surface area contributed by atoms with Crippen molar-refractivity contribution in [1.29, 1.82) is 0 Å². The third-order valence-electron chi connectivity index (χ3n) is 6.07. The number of hydrogen-bond donors (Lipinski definition) is 0. The third kappa shape index (κ3) is 4.98. The first-order valence-electron chi connectivity index (χ1n) is 10.5. The molecule has 5 heteroatoms. The van der Waals surface area contributed by atoms with Gasteiger partial charge < -0.3 is 0 Å². The Balaban J connectivity index is 1.42. The van der Waals surface area contributed by atoms with Crippen LogP contribution in [0.3, 0.4) is 0 Å². The lowest BCUT2D eigenvalue weighted by molar-refractivity contribution is 0.507. The van der Waals surface area contributed by atoms with Crippen molar-refractivity contribution in [2.45, 2.75) is 43.7 Å². The fourth-order valence-electron chi connectivity index (χ4n) is 4.24. The van der Waals surface area contributed by atoms with E-state index in [1.807, 2.05) is 30.3 Å². The Morgan fingerprint density at radius 2 is 1.40 bits per heavy atom. The quantitative estimate of drug-likeness (QED) is 0.284. The Kier molecular flexibility index (Phi) is 6.64. The van der Waals surface area contributed by atoms with Crippen molar-refractivity contribution in [2.24, 2.45) is 0 Å². The third-order valence-corrected chi connectivity index (χ3v) is 9.30. The van der Waals surface area contributed by atoms with Crippen LogP contribution in [0.15, 0.2) is 60.7 Å². The highest BCUT2D eigenvalue weighted by Crippen LogP contribution is 2.36. The van der Waals surface area contributed by atoms with Crippen molar-refractivity contribution < 1.29 is 13.2 Å². The van der Waals surface area contributed by atoms with E-state index in [1.54, 1.807) is 12.1 Å². The molecule has 0 aliphatic carbocycles. The van der Waals surface area contributed by atoms with Crippen LogP contribution in [0.4, 0.5) is 13.2 Å². The summed E-state index contributed by atoms with van der Waals surface area (Å²) < 4.78 is 41.2. The number of aryl methyl sites for hydroxylation is 2. The number of halogens is 4. The van der Waals surface area contributed by atoms with Gasteiger partial charge in [-0.05, 0) is 84.1 Å². The van der Waals surface area contributed by atoms with E-state index in [1.165, 1.54) is 6.07 Å². The molecular weight excluding hydrogens is 421 g/mol. The predicted octanol–water partition coefficient (Wildman–Crippen LogP) is 7.40. The lowest BCUT2D eigenvalue weighted by Crippen LogP contribution is -2.15. The molecule has 4 rings (SSSR count). The molecule has 1 aliphatic rings. The molecule has 0 aromatic heterocycles. The topological polar surface area (TPSA) is 0 Å². The van der Waals surface area contributed by atoms with Gasteiger partial charge in [0.15, 0.2) is 11.6 Å². The molecule has 1 heterocycles. The van der Waals surface area contributed by atoms with Gasteiger partial charge in [0.1, 0.15) is 13.9 Å². The van der Waals surface area contributed by atoms with Gasteiger partial charge in [-0.25, -0.2) is 13.2 Å². The van der Waals surface area contributed by atoms with E-state index in [0.29, 0.717) is 24.3 Å². The summed E-state index contributed by atoms with van der Waals surface area (Å²) >= 11 is 6.32. The van der Waals surface area contributed by atoms with Crippen molar-refractivity contribution in [2.75, 3.05) is 0 Å². The zero-order valence-electron chi connectivity index (χ0n) is 16.7. The fourth-order valence-corrected chi connectivity index (χ4v) is 6.81. The molecule has 0 saturated carbocycles. The summed E-state index contributed by atoms with van der Waals surface area (Å²) in [4.78, 5) is 0. The average Bonchev–Trinajstić information content (AvgIpc) is 2.75. The van der Waals surface area contributed by atoms with Gasteiger partial charge in [0.2, 0.25) is 0 Å². The summed E-state index contributed by atoms with van der Waals surface area (Å²) in [6, 6.07) is 19.6. The van der Waals surface area contributed by atoms with Gasteiger partial charge in [0, 0.05) is 5.56 Å². The van der Waals surface area contributed by atoms with Crippen LogP contribution in [0, 0.1) is 17.5 Å². The lowest BCUT2D eigenvalue weighted by Gasteiger charge is -2.24. The zero-order chi connectivity index (χ0) is 21.1. The van der Waals surface area contributed by atoms with E-state index in [2.05, 4.69) is 6.07 Å². The minimum Gasteiger partial charge on any atom is -0.206 e. The minimum atomic E-state index is -1.02. The molecule has 0 N–H and O–H groups in total. The highest BCUT2D eigenvalue weighted by molar-refractivity contribution is 7.07. The smallest absolute Gasteiger partial charge is 0.159 e. The molecule has 0 nitrogen and oxygen atoms in total. The van der Waals surface area contributed by atoms with Crippen molar-refractivity contribution in [3.8, 4) is 11.1 Å². The Labute approximate surface area is 182 Å². The first-order chi connectivity index (χ1) is 14.5. The van der Waals surface area contributed by atoms with Crippen LogP contribution >= 0.6 is 11.1 Å². The Morgan fingerprint density at radius 3 is 2.07 bits per heavy atom. The van der Waals surface area contributed by atoms with Crippen LogP contribution in [0.2, 0.25) is 12.1 Å². The number of benzene rings is 3. The maximum Gasteiger partial charge on any atom is 0.159 e. The number of rotatable bonds is 5. The van der Waals surface area contributed by atoms with E-state index in [-0.39, 0.29) is 5.82 Å². The molecule has 156 valence electrons. The van der Waals surface area contributed by atoms with Crippen LogP contribution in [-0.4, -0.2) is 8.11 Å². The second-order valence-corrected chi connectivity index (χ2v) is 12.3. The van der Waals surface area contributed by atoms with Crippen LogP contribution in [0.5, 0.6) is 0 Å². The summed E-state index contributed by atoms with van der Waals surface area (Å²) in [5, 5.41) is 0. The second kappa shape index (κ2) is 9.40. The van der Waals surface area contributed by atoms with Gasteiger partial charge in [0.25, 0.3) is 0 Å². The molecule has 3 aromatic carbocycles. The van der Waals surface area contributed by atoms with E-state index in [4.69, 9.17) is 11.1 Å². The highest BCUT2D eigenvalue weighted by Gasteiger charge is 2.22. The molecule has 30 heavy (non-hydrogen) atoms. The molecule has 1 saturated heterocycles. The molecule has 3 aromatic rings. The first-order valence-corrected chi connectivity index (χ1v) is 13.8. The van der Waals surface area contributed by atoms with Gasteiger partial charge >= 0.3 is 0 Å². The molecule has 0 atom stereocenters. The standard InChI is InChI=1S/C25H24ClF3Si/c26-30-13-11-19(12-14-30)21-8-9-22(24(28)16-21)20-6-3-17(4-7-20)1-2-18-5-10-23(27)25(29)15-18/h3-10,15-16,19,30H,1-2,11-14H2. The van der Waals surface area contributed by atoms with Crippen molar-refractivity contribution >= 4 is 19.2 Å². The van der Waals surface area contributed by atoms with Crippen LogP contribution in [0.1, 0.15) is 35.4 Å². The van der Waals surface area contributed by atoms with Gasteiger partial charge in [-0.3, -0.25) is 0 Å². The summed E-state index contributed by atoms with van der Waals surface area (Å²) in [7, 11) is -1.02. The summed E-state index contributed by atoms with van der Waals surface area (Å²) in [6.45, 7) is 0. The Hall–Kier alpha value is -2.04. The van der Waals surface area contributed by atoms with E-state index < -0.39 is 19.7 Å². The largest absolute Gasteiger partial charge is 0.206 e. The molecule has 1 aliphatic heterocycles. The first kappa shape index (κ1) is 21.2. The molecule has 0 spiro atoms. The van der Waals surface area contributed by atoms with Gasteiger partial charge in [-0.2, -0.15) is 11.1 Å². The fraction of sp³-hybridized carbons (Fsp3) is 0.280. The van der Waals surface area contributed by atoms with Crippen molar-refractivity contribution in [1.82, 2.24) is 0 Å². The summed E-state index contributed by atoms with van der Waals surface area (Å²) in [5.41, 5.74) is 4.35. The lowest BCUT2D eigenvalue weighted by atomic mass is 9.91. The number of hydrogen-bond acceptors (Lipinski definition) is 0.